The van der Waals surface area contributed by atoms with Gasteiger partial charge >= 0.3 is 0 Å². The Balaban J connectivity index is 1.58. The van der Waals surface area contributed by atoms with Crippen LogP contribution < -0.4 is 0 Å². The standard InChI is InChI=1S/C25H30BrN5OSi/c1-5-7-23(19-8-6-9-21(26)14-19)31-16-20(15-29-31)24-22-10-11-30(25(22)28-17-27-24)18-32-12-13-33(2,3)4/h5-6,8-11,14-17,23H,1,7,12-13,18H2,2-4H3. The Bertz CT molecular complexity index is 1240. The number of nitrogens with zero attached hydrogens (tertiary/aromatic N) is 5. The first-order valence-corrected chi connectivity index (χ1v) is 15.6. The quantitative estimate of drug-likeness (QED) is 0.134. The summed E-state index contributed by atoms with van der Waals surface area (Å²) >= 11 is 3.57. The number of fused-ring (bicyclic) bond motifs is 1. The van der Waals surface area contributed by atoms with Crippen LogP contribution in [0.3, 0.4) is 0 Å². The van der Waals surface area contributed by atoms with Gasteiger partial charge in [0.05, 0.1) is 17.9 Å². The first-order valence-electron chi connectivity index (χ1n) is 11.1. The summed E-state index contributed by atoms with van der Waals surface area (Å²) in [5.74, 6) is 0. The zero-order valence-corrected chi connectivity index (χ0v) is 22.0. The molecule has 3 aromatic heterocycles. The summed E-state index contributed by atoms with van der Waals surface area (Å²) in [6.45, 7) is 12.3. The molecule has 0 amide bonds. The maximum atomic E-state index is 5.94. The van der Waals surface area contributed by atoms with Gasteiger partial charge in [0.25, 0.3) is 0 Å². The van der Waals surface area contributed by atoms with Crippen LogP contribution in [0.15, 0.2) is 72.4 Å². The van der Waals surface area contributed by atoms with Crippen molar-refractivity contribution in [1.29, 1.82) is 0 Å². The van der Waals surface area contributed by atoms with E-state index in [1.165, 1.54) is 5.56 Å². The summed E-state index contributed by atoms with van der Waals surface area (Å²) in [4.78, 5) is 9.10. The summed E-state index contributed by atoms with van der Waals surface area (Å²) in [5, 5.41) is 5.67. The van der Waals surface area contributed by atoms with Gasteiger partial charge in [-0.2, -0.15) is 5.10 Å². The fourth-order valence-electron chi connectivity index (χ4n) is 3.78. The van der Waals surface area contributed by atoms with Gasteiger partial charge in [-0.3, -0.25) is 4.68 Å². The number of allylic oxidation sites excluding steroid dienone is 1. The molecule has 0 fully saturated rings. The molecule has 0 aliphatic carbocycles. The minimum absolute atomic E-state index is 0.0652. The summed E-state index contributed by atoms with van der Waals surface area (Å²) < 4.78 is 11.0. The second-order valence-electron chi connectivity index (χ2n) is 9.40. The summed E-state index contributed by atoms with van der Waals surface area (Å²) in [6, 6.07) is 11.6. The highest BCUT2D eigenvalue weighted by Crippen LogP contribution is 2.29. The molecule has 0 N–H and O–H groups in total. The minimum atomic E-state index is -1.10. The molecule has 0 radical (unpaired) electrons. The molecule has 33 heavy (non-hydrogen) atoms. The van der Waals surface area contributed by atoms with Crippen molar-refractivity contribution in [3.05, 3.63) is 77.9 Å². The SMILES string of the molecule is C=CCC(c1cccc(Br)c1)n1cc(-c2ncnc3c2ccn3COCC[Si](C)(C)C)cn1. The molecule has 3 heterocycles. The predicted octanol–water partition coefficient (Wildman–Crippen LogP) is 6.54. The van der Waals surface area contributed by atoms with E-state index >= 15 is 0 Å². The highest BCUT2D eigenvalue weighted by Gasteiger charge is 2.17. The normalized spacial score (nSPS) is 12.8. The van der Waals surface area contributed by atoms with E-state index < -0.39 is 8.07 Å². The molecule has 0 aliphatic heterocycles. The van der Waals surface area contributed by atoms with E-state index in [-0.39, 0.29) is 6.04 Å². The number of benzene rings is 1. The molecule has 0 bridgehead atoms. The molecule has 0 spiro atoms. The lowest BCUT2D eigenvalue weighted by Crippen LogP contribution is -2.22. The lowest BCUT2D eigenvalue weighted by Gasteiger charge is -2.16. The molecular formula is C25H30BrN5OSi. The van der Waals surface area contributed by atoms with Crippen LogP contribution in [0.1, 0.15) is 18.0 Å². The van der Waals surface area contributed by atoms with Crippen molar-refractivity contribution in [1.82, 2.24) is 24.3 Å². The zero-order valence-electron chi connectivity index (χ0n) is 19.4. The molecule has 172 valence electrons. The molecule has 4 rings (SSSR count). The third-order valence-corrected chi connectivity index (χ3v) is 7.80. The minimum Gasteiger partial charge on any atom is -0.361 e. The second kappa shape index (κ2) is 10.2. The highest BCUT2D eigenvalue weighted by molar-refractivity contribution is 9.10. The first-order chi connectivity index (χ1) is 15.9. The van der Waals surface area contributed by atoms with E-state index in [1.54, 1.807) is 6.33 Å². The Labute approximate surface area is 204 Å². The lowest BCUT2D eigenvalue weighted by molar-refractivity contribution is 0.0899. The number of halogens is 1. The zero-order chi connectivity index (χ0) is 23.4. The van der Waals surface area contributed by atoms with Crippen molar-refractivity contribution in [2.24, 2.45) is 0 Å². The van der Waals surface area contributed by atoms with Crippen LogP contribution in [0.2, 0.25) is 25.7 Å². The largest absolute Gasteiger partial charge is 0.361 e. The molecule has 8 heteroatoms. The Morgan fingerprint density at radius 2 is 2.06 bits per heavy atom. The lowest BCUT2D eigenvalue weighted by atomic mass is 10.0. The second-order valence-corrected chi connectivity index (χ2v) is 15.9. The van der Waals surface area contributed by atoms with Crippen LogP contribution in [0.4, 0.5) is 0 Å². The molecular weight excluding hydrogens is 494 g/mol. The Hall–Kier alpha value is -2.55. The van der Waals surface area contributed by atoms with Crippen molar-refractivity contribution in [3.8, 4) is 11.3 Å². The van der Waals surface area contributed by atoms with Crippen molar-refractivity contribution >= 4 is 35.0 Å². The van der Waals surface area contributed by atoms with Gasteiger partial charge in [0.15, 0.2) is 0 Å². The molecule has 6 nitrogen and oxygen atoms in total. The Morgan fingerprint density at radius 3 is 2.82 bits per heavy atom. The van der Waals surface area contributed by atoms with Gasteiger partial charge in [-0.05, 0) is 36.2 Å². The van der Waals surface area contributed by atoms with Crippen LogP contribution in [-0.2, 0) is 11.5 Å². The number of hydrogen-bond acceptors (Lipinski definition) is 4. The average molecular weight is 525 g/mol. The highest BCUT2D eigenvalue weighted by atomic mass is 79.9. The molecule has 0 saturated carbocycles. The van der Waals surface area contributed by atoms with Crippen LogP contribution in [0.25, 0.3) is 22.3 Å². The van der Waals surface area contributed by atoms with Crippen molar-refractivity contribution < 1.29 is 4.74 Å². The average Bonchev–Trinajstić information content (AvgIpc) is 3.42. The number of rotatable bonds is 10. The Kier molecular flexibility index (Phi) is 7.26. The van der Waals surface area contributed by atoms with Gasteiger partial charge in [-0.1, -0.05) is 53.8 Å². The van der Waals surface area contributed by atoms with Gasteiger partial charge in [0.1, 0.15) is 18.7 Å². The van der Waals surface area contributed by atoms with Crippen molar-refractivity contribution in [2.45, 2.75) is 44.9 Å². The topological polar surface area (TPSA) is 57.8 Å². The van der Waals surface area contributed by atoms with E-state index in [4.69, 9.17) is 4.74 Å². The predicted molar refractivity (Wildman–Crippen MR) is 140 cm³/mol. The van der Waals surface area contributed by atoms with E-state index in [9.17, 15) is 0 Å². The van der Waals surface area contributed by atoms with E-state index in [0.717, 1.165) is 45.8 Å². The van der Waals surface area contributed by atoms with Crippen LogP contribution in [0.5, 0.6) is 0 Å². The fraction of sp³-hybridized carbons (Fsp3) is 0.320. The summed E-state index contributed by atoms with van der Waals surface area (Å²) in [6.07, 6.45) is 10.3. The summed E-state index contributed by atoms with van der Waals surface area (Å²) in [7, 11) is -1.10. The van der Waals surface area contributed by atoms with Crippen molar-refractivity contribution in [2.75, 3.05) is 6.61 Å². The van der Waals surface area contributed by atoms with Gasteiger partial charge in [-0.15, -0.1) is 6.58 Å². The summed E-state index contributed by atoms with van der Waals surface area (Å²) in [5.41, 5.74) is 3.88. The van der Waals surface area contributed by atoms with Gasteiger partial charge in [-0.25, -0.2) is 9.97 Å². The molecule has 0 aliphatic rings. The smallest absolute Gasteiger partial charge is 0.145 e. The van der Waals surface area contributed by atoms with Crippen molar-refractivity contribution in [3.63, 3.8) is 0 Å². The van der Waals surface area contributed by atoms with E-state index in [1.807, 2.05) is 39.9 Å². The van der Waals surface area contributed by atoms with Crippen LogP contribution in [0, 0.1) is 0 Å². The Morgan fingerprint density at radius 1 is 1.21 bits per heavy atom. The molecule has 1 unspecified atom stereocenters. The molecule has 0 saturated heterocycles. The van der Waals surface area contributed by atoms with Gasteiger partial charge in [0, 0.05) is 42.5 Å². The van der Waals surface area contributed by atoms with E-state index in [0.29, 0.717) is 6.73 Å². The molecule has 1 atom stereocenters. The fourth-order valence-corrected chi connectivity index (χ4v) is 4.95. The molecule has 1 aromatic carbocycles. The number of aromatic nitrogens is 5. The number of ether oxygens (including phenoxy) is 1. The monoisotopic (exact) mass is 523 g/mol. The molecule has 4 aromatic rings. The third kappa shape index (κ3) is 5.69. The third-order valence-electron chi connectivity index (χ3n) is 5.60. The first kappa shape index (κ1) is 23.6. The maximum Gasteiger partial charge on any atom is 0.145 e. The number of hydrogen-bond donors (Lipinski definition) is 0. The van der Waals surface area contributed by atoms with Crippen LogP contribution in [-0.4, -0.2) is 39.0 Å². The van der Waals surface area contributed by atoms with Gasteiger partial charge < -0.3 is 9.30 Å². The van der Waals surface area contributed by atoms with Gasteiger partial charge in [0.2, 0.25) is 0 Å². The maximum absolute atomic E-state index is 5.94. The van der Waals surface area contributed by atoms with Crippen LogP contribution >= 0.6 is 15.9 Å². The van der Waals surface area contributed by atoms with E-state index in [2.05, 4.69) is 81.6 Å².